The van der Waals surface area contributed by atoms with Crippen LogP contribution in [0.5, 0.6) is 0 Å². The SMILES string of the molecule is N[C@H](CS)CN1CCCC1. The Morgan fingerprint density at radius 1 is 1.40 bits per heavy atom. The highest BCUT2D eigenvalue weighted by Gasteiger charge is 2.13. The third kappa shape index (κ3) is 2.48. The van der Waals surface area contributed by atoms with Gasteiger partial charge in [-0.1, -0.05) is 0 Å². The van der Waals surface area contributed by atoms with Gasteiger partial charge in [-0.15, -0.1) is 0 Å². The summed E-state index contributed by atoms with van der Waals surface area (Å²) >= 11 is 4.14. The van der Waals surface area contributed by atoms with E-state index >= 15 is 0 Å². The van der Waals surface area contributed by atoms with E-state index in [0.29, 0.717) is 0 Å². The Bertz CT molecular complexity index is 91.6. The van der Waals surface area contributed by atoms with Crippen LogP contribution in [0.2, 0.25) is 0 Å². The predicted molar refractivity (Wildman–Crippen MR) is 47.5 cm³/mol. The fourth-order valence-corrected chi connectivity index (χ4v) is 1.47. The maximum atomic E-state index is 5.73. The van der Waals surface area contributed by atoms with Crippen molar-refractivity contribution in [3.63, 3.8) is 0 Å². The molecule has 0 aromatic rings. The van der Waals surface area contributed by atoms with E-state index in [1.54, 1.807) is 0 Å². The second-order valence-electron chi connectivity index (χ2n) is 2.95. The van der Waals surface area contributed by atoms with Crippen molar-refractivity contribution < 1.29 is 0 Å². The van der Waals surface area contributed by atoms with Crippen LogP contribution in [0.15, 0.2) is 0 Å². The topological polar surface area (TPSA) is 29.3 Å². The molecule has 2 nitrogen and oxygen atoms in total. The van der Waals surface area contributed by atoms with Gasteiger partial charge in [0, 0.05) is 18.3 Å². The van der Waals surface area contributed by atoms with Crippen molar-refractivity contribution in [1.29, 1.82) is 0 Å². The van der Waals surface area contributed by atoms with Gasteiger partial charge in [-0.2, -0.15) is 12.6 Å². The van der Waals surface area contributed by atoms with E-state index in [1.165, 1.54) is 25.9 Å². The third-order valence-corrected chi connectivity index (χ3v) is 2.39. The summed E-state index contributed by atoms with van der Waals surface area (Å²) < 4.78 is 0. The van der Waals surface area contributed by atoms with E-state index in [2.05, 4.69) is 17.5 Å². The van der Waals surface area contributed by atoms with Gasteiger partial charge in [0.2, 0.25) is 0 Å². The van der Waals surface area contributed by atoms with E-state index in [1.807, 2.05) is 0 Å². The zero-order valence-corrected chi connectivity index (χ0v) is 7.19. The summed E-state index contributed by atoms with van der Waals surface area (Å²) in [6.45, 7) is 3.51. The number of hydrogen-bond acceptors (Lipinski definition) is 3. The van der Waals surface area contributed by atoms with Crippen LogP contribution in [-0.4, -0.2) is 36.3 Å². The van der Waals surface area contributed by atoms with Crippen molar-refractivity contribution in [3.05, 3.63) is 0 Å². The van der Waals surface area contributed by atoms with E-state index in [-0.39, 0.29) is 6.04 Å². The Hall–Kier alpha value is 0.270. The minimum absolute atomic E-state index is 0.265. The van der Waals surface area contributed by atoms with Crippen LogP contribution in [0.1, 0.15) is 12.8 Å². The van der Waals surface area contributed by atoms with Gasteiger partial charge in [-0.05, 0) is 25.9 Å². The molecule has 10 heavy (non-hydrogen) atoms. The first-order valence-electron chi connectivity index (χ1n) is 3.91. The quantitative estimate of drug-likeness (QED) is 0.583. The van der Waals surface area contributed by atoms with Gasteiger partial charge in [-0.3, -0.25) is 0 Å². The fraction of sp³-hybridized carbons (Fsp3) is 1.00. The number of rotatable bonds is 3. The fourth-order valence-electron chi connectivity index (χ4n) is 1.35. The molecule has 0 amide bonds. The lowest BCUT2D eigenvalue weighted by Crippen LogP contribution is -2.37. The van der Waals surface area contributed by atoms with Gasteiger partial charge >= 0.3 is 0 Å². The minimum atomic E-state index is 0.265. The zero-order valence-electron chi connectivity index (χ0n) is 6.29. The molecule has 1 rings (SSSR count). The molecule has 1 aliphatic rings. The van der Waals surface area contributed by atoms with Crippen LogP contribution in [0.4, 0.5) is 0 Å². The first-order chi connectivity index (χ1) is 4.83. The molecule has 0 aliphatic carbocycles. The highest BCUT2D eigenvalue weighted by molar-refractivity contribution is 7.80. The molecule has 0 unspecified atom stereocenters. The van der Waals surface area contributed by atoms with Crippen LogP contribution in [0.3, 0.4) is 0 Å². The molecular formula is C7H16N2S. The van der Waals surface area contributed by atoms with Crippen molar-refractivity contribution in [2.45, 2.75) is 18.9 Å². The number of nitrogens with zero attached hydrogens (tertiary/aromatic N) is 1. The summed E-state index contributed by atoms with van der Waals surface area (Å²) in [5, 5.41) is 0. The highest BCUT2D eigenvalue weighted by Crippen LogP contribution is 2.06. The number of nitrogens with two attached hydrogens (primary N) is 1. The Morgan fingerprint density at radius 2 is 2.00 bits per heavy atom. The van der Waals surface area contributed by atoms with Crippen molar-refractivity contribution in [1.82, 2.24) is 4.90 Å². The van der Waals surface area contributed by atoms with Crippen LogP contribution in [-0.2, 0) is 0 Å². The second-order valence-corrected chi connectivity index (χ2v) is 3.32. The van der Waals surface area contributed by atoms with Gasteiger partial charge in [-0.25, -0.2) is 0 Å². The number of hydrogen-bond donors (Lipinski definition) is 2. The van der Waals surface area contributed by atoms with E-state index in [9.17, 15) is 0 Å². The molecule has 1 atom stereocenters. The van der Waals surface area contributed by atoms with Gasteiger partial charge in [0.05, 0.1) is 0 Å². The van der Waals surface area contributed by atoms with Gasteiger partial charge in [0.25, 0.3) is 0 Å². The summed E-state index contributed by atoms with van der Waals surface area (Å²) in [6, 6.07) is 0.265. The van der Waals surface area contributed by atoms with Gasteiger partial charge in [0.15, 0.2) is 0 Å². The molecule has 0 bridgehead atoms. The molecule has 0 aromatic heterocycles. The maximum Gasteiger partial charge on any atom is 0.0257 e. The van der Waals surface area contributed by atoms with Crippen molar-refractivity contribution >= 4 is 12.6 Å². The van der Waals surface area contributed by atoms with Crippen molar-refractivity contribution in [2.75, 3.05) is 25.4 Å². The van der Waals surface area contributed by atoms with E-state index in [4.69, 9.17) is 5.73 Å². The minimum Gasteiger partial charge on any atom is -0.326 e. The van der Waals surface area contributed by atoms with Crippen molar-refractivity contribution in [2.24, 2.45) is 5.73 Å². The summed E-state index contributed by atoms with van der Waals surface area (Å²) in [5.41, 5.74) is 5.73. The van der Waals surface area contributed by atoms with Gasteiger partial charge < -0.3 is 10.6 Å². The molecule has 1 saturated heterocycles. The molecule has 0 aromatic carbocycles. The molecule has 3 heteroatoms. The van der Waals surface area contributed by atoms with Crippen LogP contribution in [0, 0.1) is 0 Å². The normalized spacial score (nSPS) is 23.4. The highest BCUT2D eigenvalue weighted by atomic mass is 32.1. The summed E-state index contributed by atoms with van der Waals surface area (Å²) in [6.07, 6.45) is 2.69. The number of likely N-dealkylation sites (tertiary alicyclic amines) is 1. The molecular weight excluding hydrogens is 144 g/mol. The average Bonchev–Trinajstić information content (AvgIpc) is 2.40. The average molecular weight is 160 g/mol. The Morgan fingerprint density at radius 3 is 2.50 bits per heavy atom. The lowest BCUT2D eigenvalue weighted by Gasteiger charge is -2.18. The smallest absolute Gasteiger partial charge is 0.0257 e. The molecule has 60 valence electrons. The molecule has 0 radical (unpaired) electrons. The van der Waals surface area contributed by atoms with Crippen LogP contribution in [0.25, 0.3) is 0 Å². The van der Waals surface area contributed by atoms with E-state index in [0.717, 1.165) is 12.3 Å². The Kier molecular flexibility index (Phi) is 3.52. The standard InChI is InChI=1S/C7H16N2S/c8-7(6-10)5-9-3-1-2-4-9/h7,10H,1-6,8H2/t7-/m0/s1. The lowest BCUT2D eigenvalue weighted by atomic mass is 10.3. The van der Waals surface area contributed by atoms with Crippen LogP contribution >= 0.6 is 12.6 Å². The summed E-state index contributed by atoms with van der Waals surface area (Å²) in [7, 11) is 0. The largest absolute Gasteiger partial charge is 0.326 e. The first kappa shape index (κ1) is 8.37. The lowest BCUT2D eigenvalue weighted by molar-refractivity contribution is 0.322. The molecule has 0 spiro atoms. The van der Waals surface area contributed by atoms with Crippen LogP contribution < -0.4 is 5.73 Å². The predicted octanol–water partition coefficient (Wildman–Crippen LogP) is 0.339. The number of thiol groups is 1. The molecule has 1 aliphatic heterocycles. The molecule has 0 saturated carbocycles. The Balaban J connectivity index is 2.11. The van der Waals surface area contributed by atoms with E-state index < -0.39 is 0 Å². The van der Waals surface area contributed by atoms with Gasteiger partial charge in [0.1, 0.15) is 0 Å². The summed E-state index contributed by atoms with van der Waals surface area (Å²) in [5.74, 6) is 0.802. The second kappa shape index (κ2) is 4.21. The summed E-state index contributed by atoms with van der Waals surface area (Å²) in [4.78, 5) is 2.42. The third-order valence-electron chi connectivity index (χ3n) is 1.93. The first-order valence-corrected chi connectivity index (χ1v) is 4.55. The maximum absolute atomic E-state index is 5.73. The van der Waals surface area contributed by atoms with Crippen molar-refractivity contribution in [3.8, 4) is 0 Å². The monoisotopic (exact) mass is 160 g/mol. The molecule has 2 N–H and O–H groups in total. The Labute approximate surface area is 68.2 Å². The zero-order chi connectivity index (χ0) is 7.40. The molecule has 1 fully saturated rings. The molecule has 1 heterocycles.